The van der Waals surface area contributed by atoms with Crippen LogP contribution in [0.4, 0.5) is 0 Å². The van der Waals surface area contributed by atoms with Crippen molar-refractivity contribution in [1.29, 1.82) is 0 Å². The van der Waals surface area contributed by atoms with Gasteiger partial charge in [-0.05, 0) is 49.6 Å². The molecule has 3 aromatic rings. The molecule has 0 saturated carbocycles. The Kier molecular flexibility index (Phi) is 5.90. The first-order chi connectivity index (χ1) is 12.2. The standard InChI is InChI=1S/C21H24ClN3/c1-16-15-25(21(24-16)14-17-5-3-2-4-6-17)20(11-12-23)13-18-7-9-19(22)10-8-18/h2-10,15,20H,11-14,23H2,1H3. The average Bonchev–Trinajstić information content (AvgIpc) is 2.97. The van der Waals surface area contributed by atoms with Crippen molar-refractivity contribution in [2.24, 2.45) is 5.73 Å². The van der Waals surface area contributed by atoms with Gasteiger partial charge in [0.05, 0.1) is 5.69 Å². The molecule has 2 aromatic carbocycles. The highest BCUT2D eigenvalue weighted by molar-refractivity contribution is 6.30. The Balaban J connectivity index is 1.86. The highest BCUT2D eigenvalue weighted by atomic mass is 35.5. The van der Waals surface area contributed by atoms with E-state index in [0.717, 1.165) is 35.8 Å². The third kappa shape index (κ3) is 4.71. The van der Waals surface area contributed by atoms with Gasteiger partial charge in [-0.15, -0.1) is 0 Å². The number of nitrogens with zero attached hydrogens (tertiary/aromatic N) is 2. The molecule has 0 fully saturated rings. The maximum absolute atomic E-state index is 6.01. The quantitative estimate of drug-likeness (QED) is 0.676. The first-order valence-corrected chi connectivity index (χ1v) is 9.06. The molecule has 3 rings (SSSR count). The van der Waals surface area contributed by atoms with Crippen molar-refractivity contribution in [3.8, 4) is 0 Å². The molecule has 0 amide bonds. The molecule has 25 heavy (non-hydrogen) atoms. The summed E-state index contributed by atoms with van der Waals surface area (Å²) in [6.45, 7) is 2.70. The number of hydrogen-bond donors (Lipinski definition) is 1. The van der Waals surface area contributed by atoms with E-state index < -0.39 is 0 Å². The molecule has 1 atom stereocenters. The summed E-state index contributed by atoms with van der Waals surface area (Å²) in [6, 6.07) is 18.8. The SMILES string of the molecule is Cc1cn(C(CCN)Cc2ccc(Cl)cc2)c(Cc2ccccc2)n1. The number of aromatic nitrogens is 2. The Morgan fingerprint density at radius 2 is 1.76 bits per heavy atom. The summed E-state index contributed by atoms with van der Waals surface area (Å²) in [5.74, 6) is 1.09. The molecule has 2 N–H and O–H groups in total. The molecule has 130 valence electrons. The van der Waals surface area contributed by atoms with Crippen LogP contribution in [0.25, 0.3) is 0 Å². The van der Waals surface area contributed by atoms with Crippen molar-refractivity contribution in [3.63, 3.8) is 0 Å². The molecule has 1 heterocycles. The predicted octanol–water partition coefficient (Wildman–Crippen LogP) is 4.57. The van der Waals surface area contributed by atoms with Crippen LogP contribution in [-0.4, -0.2) is 16.1 Å². The van der Waals surface area contributed by atoms with E-state index in [0.29, 0.717) is 12.6 Å². The zero-order chi connectivity index (χ0) is 17.6. The molecule has 3 nitrogen and oxygen atoms in total. The van der Waals surface area contributed by atoms with E-state index in [-0.39, 0.29) is 0 Å². The Morgan fingerprint density at radius 3 is 2.44 bits per heavy atom. The van der Waals surface area contributed by atoms with Gasteiger partial charge < -0.3 is 10.3 Å². The van der Waals surface area contributed by atoms with Gasteiger partial charge in [-0.25, -0.2) is 4.98 Å². The monoisotopic (exact) mass is 353 g/mol. The molecule has 0 spiro atoms. The van der Waals surface area contributed by atoms with Crippen molar-refractivity contribution in [2.45, 2.75) is 32.2 Å². The van der Waals surface area contributed by atoms with Crippen molar-refractivity contribution in [2.75, 3.05) is 6.54 Å². The Bertz CT molecular complexity index is 794. The third-order valence-corrected chi connectivity index (χ3v) is 4.66. The Labute approximate surface area is 154 Å². The lowest BCUT2D eigenvalue weighted by Crippen LogP contribution is -2.18. The maximum atomic E-state index is 6.01. The lowest BCUT2D eigenvalue weighted by atomic mass is 10.0. The smallest absolute Gasteiger partial charge is 0.113 e. The molecule has 4 heteroatoms. The second kappa shape index (κ2) is 8.32. The largest absolute Gasteiger partial charge is 0.331 e. The summed E-state index contributed by atoms with van der Waals surface area (Å²) < 4.78 is 2.31. The maximum Gasteiger partial charge on any atom is 0.113 e. The van der Waals surface area contributed by atoms with Crippen LogP contribution in [0.3, 0.4) is 0 Å². The summed E-state index contributed by atoms with van der Waals surface area (Å²) >= 11 is 6.01. The molecule has 0 aliphatic carbocycles. The second-order valence-electron chi connectivity index (χ2n) is 6.43. The highest BCUT2D eigenvalue weighted by Crippen LogP contribution is 2.23. The fourth-order valence-electron chi connectivity index (χ4n) is 3.22. The molecule has 0 saturated heterocycles. The van der Waals surface area contributed by atoms with E-state index in [4.69, 9.17) is 22.3 Å². The summed E-state index contributed by atoms with van der Waals surface area (Å²) in [4.78, 5) is 4.77. The molecule has 1 aromatic heterocycles. The zero-order valence-electron chi connectivity index (χ0n) is 14.5. The summed E-state index contributed by atoms with van der Waals surface area (Å²) in [7, 11) is 0. The number of rotatable bonds is 7. The van der Waals surface area contributed by atoms with Gasteiger partial charge >= 0.3 is 0 Å². The first-order valence-electron chi connectivity index (χ1n) is 8.68. The van der Waals surface area contributed by atoms with E-state index in [1.165, 1.54) is 11.1 Å². The number of imidazole rings is 1. The fourth-order valence-corrected chi connectivity index (χ4v) is 3.34. The molecule has 0 aliphatic rings. The molecule has 0 radical (unpaired) electrons. The molecule has 0 bridgehead atoms. The fraction of sp³-hybridized carbons (Fsp3) is 0.286. The van der Waals surface area contributed by atoms with Gasteiger partial charge in [0.15, 0.2) is 0 Å². The second-order valence-corrected chi connectivity index (χ2v) is 6.87. The van der Waals surface area contributed by atoms with Crippen molar-refractivity contribution in [3.05, 3.63) is 88.5 Å². The van der Waals surface area contributed by atoms with E-state index >= 15 is 0 Å². The number of nitrogens with two attached hydrogens (primary N) is 1. The van der Waals surface area contributed by atoms with E-state index in [1.54, 1.807) is 0 Å². The normalized spacial score (nSPS) is 12.3. The van der Waals surface area contributed by atoms with Crippen LogP contribution in [-0.2, 0) is 12.8 Å². The van der Waals surface area contributed by atoms with Crippen LogP contribution >= 0.6 is 11.6 Å². The van der Waals surface area contributed by atoms with Crippen molar-refractivity contribution >= 4 is 11.6 Å². The molecule has 0 aliphatic heterocycles. The summed E-state index contributed by atoms with van der Waals surface area (Å²) in [5, 5.41) is 0.766. The van der Waals surface area contributed by atoms with Gasteiger partial charge in [0.25, 0.3) is 0 Å². The van der Waals surface area contributed by atoms with Gasteiger partial charge in [-0.2, -0.15) is 0 Å². The summed E-state index contributed by atoms with van der Waals surface area (Å²) in [5.41, 5.74) is 9.48. The van der Waals surface area contributed by atoms with Crippen LogP contribution in [0, 0.1) is 6.92 Å². The van der Waals surface area contributed by atoms with Gasteiger partial charge in [-0.3, -0.25) is 0 Å². The van der Waals surface area contributed by atoms with Gasteiger partial charge in [0, 0.05) is 23.7 Å². The van der Waals surface area contributed by atoms with Crippen molar-refractivity contribution < 1.29 is 0 Å². The minimum absolute atomic E-state index is 0.297. The molecular weight excluding hydrogens is 330 g/mol. The van der Waals surface area contributed by atoms with Crippen molar-refractivity contribution in [1.82, 2.24) is 9.55 Å². The number of halogens is 1. The molecular formula is C21H24ClN3. The Hall–Kier alpha value is -2.10. The highest BCUT2D eigenvalue weighted by Gasteiger charge is 2.16. The van der Waals surface area contributed by atoms with E-state index in [1.807, 2.05) is 25.1 Å². The van der Waals surface area contributed by atoms with Crippen LogP contribution in [0.5, 0.6) is 0 Å². The van der Waals surface area contributed by atoms with Crippen LogP contribution < -0.4 is 5.73 Å². The number of aryl methyl sites for hydroxylation is 1. The van der Waals surface area contributed by atoms with Gasteiger partial charge in [0.2, 0.25) is 0 Å². The van der Waals surface area contributed by atoms with Gasteiger partial charge in [0.1, 0.15) is 5.82 Å². The lowest BCUT2D eigenvalue weighted by molar-refractivity contribution is 0.456. The summed E-state index contributed by atoms with van der Waals surface area (Å²) in [6.07, 6.45) is 4.82. The Morgan fingerprint density at radius 1 is 1.04 bits per heavy atom. The third-order valence-electron chi connectivity index (χ3n) is 4.41. The van der Waals surface area contributed by atoms with Crippen LogP contribution in [0.2, 0.25) is 5.02 Å². The van der Waals surface area contributed by atoms with Crippen LogP contribution in [0.1, 0.15) is 35.1 Å². The molecule has 1 unspecified atom stereocenters. The lowest BCUT2D eigenvalue weighted by Gasteiger charge is -2.21. The van der Waals surface area contributed by atoms with Gasteiger partial charge in [-0.1, -0.05) is 54.1 Å². The van der Waals surface area contributed by atoms with E-state index in [2.05, 4.69) is 47.2 Å². The van der Waals surface area contributed by atoms with E-state index in [9.17, 15) is 0 Å². The first kappa shape index (κ1) is 17.7. The predicted molar refractivity (Wildman–Crippen MR) is 104 cm³/mol. The number of benzene rings is 2. The zero-order valence-corrected chi connectivity index (χ0v) is 15.3. The topological polar surface area (TPSA) is 43.8 Å². The van der Waals surface area contributed by atoms with Crippen LogP contribution in [0.15, 0.2) is 60.8 Å². The minimum Gasteiger partial charge on any atom is -0.331 e. The average molecular weight is 354 g/mol. The minimum atomic E-state index is 0.297. The number of hydrogen-bond acceptors (Lipinski definition) is 2.